The number of carbonyl (C=O) groups is 2. The predicted octanol–water partition coefficient (Wildman–Crippen LogP) is 3.39. The summed E-state index contributed by atoms with van der Waals surface area (Å²) >= 11 is 0. The summed E-state index contributed by atoms with van der Waals surface area (Å²) in [5, 5.41) is 16.2. The summed E-state index contributed by atoms with van der Waals surface area (Å²) in [4.78, 5) is 36.2. The maximum atomic E-state index is 12.8. The van der Waals surface area contributed by atoms with E-state index in [-0.39, 0.29) is 41.2 Å². The van der Waals surface area contributed by atoms with Crippen LogP contribution in [0.5, 0.6) is 5.75 Å². The van der Waals surface area contributed by atoms with Gasteiger partial charge in [0.25, 0.3) is 17.5 Å². The van der Waals surface area contributed by atoms with E-state index < -0.39 is 4.92 Å². The van der Waals surface area contributed by atoms with Crippen molar-refractivity contribution in [1.29, 1.82) is 0 Å². The van der Waals surface area contributed by atoms with Crippen molar-refractivity contribution in [3.05, 3.63) is 58.4 Å². The van der Waals surface area contributed by atoms with Gasteiger partial charge in [-0.05, 0) is 42.9 Å². The number of benzene rings is 1. The Hall–Kier alpha value is -3.75. The Labute approximate surface area is 177 Å². The van der Waals surface area contributed by atoms with Gasteiger partial charge in [0, 0.05) is 12.1 Å². The van der Waals surface area contributed by atoms with Crippen molar-refractivity contribution < 1.29 is 23.7 Å². The number of ether oxygens (including phenoxy) is 1. The molecule has 2 fully saturated rings. The second-order valence-electron chi connectivity index (χ2n) is 7.92. The molecule has 1 aliphatic heterocycles. The number of nitrogens with zero attached hydrogens (tertiary/aromatic N) is 3. The summed E-state index contributed by atoms with van der Waals surface area (Å²) in [6.07, 6.45) is 7.27. The van der Waals surface area contributed by atoms with Crippen LogP contribution in [0.2, 0.25) is 0 Å². The van der Waals surface area contributed by atoms with Gasteiger partial charge in [0.2, 0.25) is 0 Å². The number of nitro benzene ring substituents is 1. The van der Waals surface area contributed by atoms with Gasteiger partial charge < -0.3 is 9.15 Å². The molecule has 2 aromatic rings. The number of amides is 2. The van der Waals surface area contributed by atoms with E-state index in [0.29, 0.717) is 22.8 Å². The molecule has 1 aromatic carbocycles. The van der Waals surface area contributed by atoms with Gasteiger partial charge in [-0.3, -0.25) is 19.7 Å². The molecule has 1 aromatic heterocycles. The third-order valence-corrected chi connectivity index (χ3v) is 6.32. The number of fused-ring (bicyclic) bond motifs is 1. The van der Waals surface area contributed by atoms with Crippen LogP contribution in [-0.4, -0.2) is 35.1 Å². The molecule has 0 unspecified atom stereocenters. The van der Waals surface area contributed by atoms with Crippen LogP contribution < -0.4 is 4.74 Å². The number of nitro groups is 1. The number of furan rings is 1. The molecule has 4 atom stereocenters. The SMILES string of the molecule is COc1ccc([N+](=O)[O-])cc1-c1ccc(/C=N\N2C(=O)[C@@H]3[C@H](C2=O)[C@@H]2C=C[C@H]3CC2)o1. The number of rotatable bonds is 5. The fourth-order valence-electron chi connectivity index (χ4n) is 4.86. The van der Waals surface area contributed by atoms with E-state index in [0.717, 1.165) is 17.9 Å². The minimum Gasteiger partial charge on any atom is -0.496 e. The first-order valence-electron chi connectivity index (χ1n) is 10.0. The van der Waals surface area contributed by atoms with Crippen LogP contribution in [0, 0.1) is 33.8 Å². The van der Waals surface area contributed by atoms with Gasteiger partial charge in [-0.1, -0.05) is 12.2 Å². The Morgan fingerprint density at radius 2 is 1.81 bits per heavy atom. The van der Waals surface area contributed by atoms with Crippen LogP contribution in [0.15, 0.2) is 52.0 Å². The molecule has 3 aliphatic carbocycles. The summed E-state index contributed by atoms with van der Waals surface area (Å²) in [7, 11) is 1.46. The lowest BCUT2D eigenvalue weighted by Gasteiger charge is -2.37. The van der Waals surface area contributed by atoms with Crippen LogP contribution in [0.4, 0.5) is 5.69 Å². The topological polar surface area (TPSA) is 115 Å². The molecule has 0 N–H and O–H groups in total. The first-order chi connectivity index (χ1) is 15.0. The molecule has 6 rings (SSSR count). The Bertz CT molecular complexity index is 1120. The molecule has 2 heterocycles. The van der Waals surface area contributed by atoms with E-state index >= 15 is 0 Å². The Kier molecular flexibility index (Phi) is 4.46. The molecule has 4 aliphatic rings. The van der Waals surface area contributed by atoms with Gasteiger partial charge in [-0.2, -0.15) is 10.1 Å². The molecule has 1 saturated heterocycles. The molecule has 158 valence electrons. The minimum atomic E-state index is -0.500. The average molecular weight is 421 g/mol. The van der Waals surface area contributed by atoms with Crippen molar-refractivity contribution in [3.8, 4) is 17.1 Å². The first-order valence-corrected chi connectivity index (χ1v) is 10.0. The van der Waals surface area contributed by atoms with Crippen LogP contribution in [0.1, 0.15) is 18.6 Å². The summed E-state index contributed by atoms with van der Waals surface area (Å²) in [5.74, 6) is 0.0863. The number of hydrogen-bond acceptors (Lipinski definition) is 7. The highest BCUT2D eigenvalue weighted by molar-refractivity contribution is 6.06. The second-order valence-corrected chi connectivity index (χ2v) is 7.92. The van der Waals surface area contributed by atoms with E-state index in [1.165, 1.54) is 31.5 Å². The van der Waals surface area contributed by atoms with E-state index in [1.54, 1.807) is 12.1 Å². The van der Waals surface area contributed by atoms with Crippen LogP contribution >= 0.6 is 0 Å². The number of imide groups is 1. The molecule has 1 saturated carbocycles. The molecule has 9 nitrogen and oxygen atoms in total. The van der Waals surface area contributed by atoms with Gasteiger partial charge in [-0.25, -0.2) is 0 Å². The average Bonchev–Trinajstić information content (AvgIpc) is 3.36. The van der Waals surface area contributed by atoms with Crippen molar-refractivity contribution in [1.82, 2.24) is 5.01 Å². The summed E-state index contributed by atoms with van der Waals surface area (Å²) in [6.45, 7) is 0. The zero-order chi connectivity index (χ0) is 21.7. The zero-order valence-electron chi connectivity index (χ0n) is 16.6. The minimum absolute atomic E-state index is 0.0958. The smallest absolute Gasteiger partial charge is 0.270 e. The number of hydrogen-bond donors (Lipinski definition) is 0. The van der Waals surface area contributed by atoms with Crippen molar-refractivity contribution in [2.75, 3.05) is 7.11 Å². The number of hydrazone groups is 1. The maximum absolute atomic E-state index is 12.8. The zero-order valence-corrected chi connectivity index (χ0v) is 16.6. The highest BCUT2D eigenvalue weighted by atomic mass is 16.6. The van der Waals surface area contributed by atoms with E-state index in [2.05, 4.69) is 17.3 Å². The molecule has 0 spiro atoms. The molecular weight excluding hydrogens is 402 g/mol. The van der Waals surface area contributed by atoms with Crippen molar-refractivity contribution >= 4 is 23.7 Å². The van der Waals surface area contributed by atoms with Gasteiger partial charge in [-0.15, -0.1) is 0 Å². The van der Waals surface area contributed by atoms with Gasteiger partial charge >= 0.3 is 0 Å². The second kappa shape index (κ2) is 7.19. The quantitative estimate of drug-likeness (QED) is 0.240. The Morgan fingerprint density at radius 3 is 2.39 bits per heavy atom. The summed E-state index contributed by atoms with van der Waals surface area (Å²) < 4.78 is 11.0. The third-order valence-electron chi connectivity index (χ3n) is 6.32. The third kappa shape index (κ3) is 3.04. The van der Waals surface area contributed by atoms with Crippen LogP contribution in [0.25, 0.3) is 11.3 Å². The fourth-order valence-corrected chi connectivity index (χ4v) is 4.86. The highest BCUT2D eigenvalue weighted by Crippen LogP contribution is 2.49. The summed E-state index contributed by atoms with van der Waals surface area (Å²) in [5.41, 5.74) is 0.319. The normalized spacial score (nSPS) is 26.7. The van der Waals surface area contributed by atoms with Crippen molar-refractivity contribution in [2.45, 2.75) is 12.8 Å². The Morgan fingerprint density at radius 1 is 1.13 bits per heavy atom. The lowest BCUT2D eigenvalue weighted by Crippen LogP contribution is -2.38. The molecular formula is C22H19N3O6. The Balaban J connectivity index is 1.40. The lowest BCUT2D eigenvalue weighted by atomic mass is 9.63. The van der Waals surface area contributed by atoms with Gasteiger partial charge in [0.1, 0.15) is 17.3 Å². The predicted molar refractivity (Wildman–Crippen MR) is 109 cm³/mol. The molecule has 31 heavy (non-hydrogen) atoms. The molecule has 2 bridgehead atoms. The standard InChI is InChI=1S/C22H19N3O6/c1-30-17-8-6-14(25(28)29)10-16(17)18-9-7-15(31-18)11-23-24-21(26)19-12-2-3-13(5-4-12)20(19)22(24)27/h2-3,6-13,19-20H,4-5H2,1H3/b23-11-/t12-,13+,19-,20+. The molecule has 2 amide bonds. The van der Waals surface area contributed by atoms with E-state index in [1.807, 2.05) is 0 Å². The number of allylic oxidation sites excluding steroid dienone is 2. The maximum Gasteiger partial charge on any atom is 0.270 e. The lowest BCUT2D eigenvalue weighted by molar-refractivity contribution is -0.384. The van der Waals surface area contributed by atoms with E-state index in [4.69, 9.17) is 9.15 Å². The van der Waals surface area contributed by atoms with Crippen LogP contribution in [-0.2, 0) is 9.59 Å². The molecule has 0 radical (unpaired) electrons. The fraction of sp³-hybridized carbons (Fsp3) is 0.318. The van der Waals surface area contributed by atoms with Crippen molar-refractivity contribution in [2.24, 2.45) is 28.8 Å². The highest BCUT2D eigenvalue weighted by Gasteiger charge is 2.56. The monoisotopic (exact) mass is 421 g/mol. The van der Waals surface area contributed by atoms with Crippen molar-refractivity contribution in [3.63, 3.8) is 0 Å². The van der Waals surface area contributed by atoms with Crippen LogP contribution in [0.3, 0.4) is 0 Å². The molecule has 9 heteroatoms. The number of methoxy groups -OCH3 is 1. The number of non-ortho nitro benzene ring substituents is 1. The summed E-state index contributed by atoms with van der Waals surface area (Å²) in [6, 6.07) is 7.44. The van der Waals surface area contributed by atoms with Gasteiger partial charge in [0.15, 0.2) is 0 Å². The largest absolute Gasteiger partial charge is 0.496 e. The van der Waals surface area contributed by atoms with E-state index in [9.17, 15) is 19.7 Å². The first kappa shape index (κ1) is 19.2. The van der Waals surface area contributed by atoms with Gasteiger partial charge in [0.05, 0.1) is 35.6 Å². The number of carbonyl (C=O) groups excluding carboxylic acids is 2.